The molecule has 0 aliphatic rings. The monoisotopic (exact) mass is 218 g/mol. The summed E-state index contributed by atoms with van der Waals surface area (Å²) in [6, 6.07) is 0. The molecule has 0 aromatic heterocycles. The van der Waals surface area contributed by atoms with Gasteiger partial charge in [-0.05, 0) is 34.6 Å². The Hall–Kier alpha value is -0.680. The fraction of sp³-hybridized carbons (Fsp3) is 0.667. The molecule has 0 aliphatic carbocycles. The van der Waals surface area contributed by atoms with Gasteiger partial charge < -0.3 is 0 Å². The summed E-state index contributed by atoms with van der Waals surface area (Å²) >= 11 is 0. The molecule has 1 N–H and O–H groups in total. The van der Waals surface area contributed by atoms with Gasteiger partial charge in [-0.3, -0.25) is 4.99 Å². The number of hydrogen-bond donors (Lipinski definition) is 1. The molecule has 0 bridgehead atoms. The van der Waals surface area contributed by atoms with Gasteiger partial charge in [-0.25, -0.2) is 8.42 Å². The predicted molar refractivity (Wildman–Crippen MR) is 59.7 cm³/mol. The fourth-order valence-corrected chi connectivity index (χ4v) is 1.88. The number of nitrogens with zero attached hydrogens (tertiary/aromatic N) is 1. The van der Waals surface area contributed by atoms with Gasteiger partial charge in [-0.15, -0.1) is 0 Å². The Bertz CT molecular complexity index is 338. The lowest BCUT2D eigenvalue weighted by Gasteiger charge is -2.10. The maximum Gasteiger partial charge on any atom is 0.237 e. The third-order valence-corrected chi connectivity index (χ3v) is 3.34. The van der Waals surface area contributed by atoms with Gasteiger partial charge in [-0.2, -0.15) is 4.72 Å². The molecule has 5 heteroatoms. The van der Waals surface area contributed by atoms with Crippen molar-refractivity contribution in [3.8, 4) is 0 Å². The van der Waals surface area contributed by atoms with E-state index in [1.165, 1.54) is 0 Å². The summed E-state index contributed by atoms with van der Waals surface area (Å²) in [4.78, 5) is 4.39. The van der Waals surface area contributed by atoms with E-state index in [0.717, 1.165) is 5.71 Å². The topological polar surface area (TPSA) is 58.5 Å². The van der Waals surface area contributed by atoms with E-state index < -0.39 is 16.2 Å². The first-order chi connectivity index (χ1) is 6.29. The number of aliphatic imine (C=N–C) groups is 1. The fourth-order valence-electron chi connectivity index (χ4n) is 0.886. The largest absolute Gasteiger partial charge is 0.275 e. The molecule has 0 spiro atoms. The predicted octanol–water partition coefficient (Wildman–Crippen LogP) is 1.66. The van der Waals surface area contributed by atoms with Crippen LogP contribution in [0.15, 0.2) is 16.0 Å². The van der Waals surface area contributed by atoms with E-state index in [-0.39, 0.29) is 0 Å². The number of nitrogens with one attached hydrogen (secondary N) is 1. The molecule has 0 aromatic rings. The molecular weight excluding hydrogens is 200 g/mol. The maximum atomic E-state index is 11.5. The van der Waals surface area contributed by atoms with E-state index in [1.807, 2.05) is 13.8 Å². The van der Waals surface area contributed by atoms with Crippen LogP contribution in [0.3, 0.4) is 0 Å². The summed E-state index contributed by atoms with van der Waals surface area (Å²) in [6.45, 7) is 8.60. The van der Waals surface area contributed by atoms with Gasteiger partial charge in [0.25, 0.3) is 0 Å². The van der Waals surface area contributed by atoms with Crippen molar-refractivity contribution in [2.75, 3.05) is 0 Å². The number of rotatable bonds is 4. The van der Waals surface area contributed by atoms with Crippen molar-refractivity contribution in [3.05, 3.63) is 11.0 Å². The highest BCUT2D eigenvalue weighted by Crippen LogP contribution is 2.03. The van der Waals surface area contributed by atoms with Gasteiger partial charge >= 0.3 is 0 Å². The second-order valence-electron chi connectivity index (χ2n) is 3.27. The smallest absolute Gasteiger partial charge is 0.237 e. The van der Waals surface area contributed by atoms with Gasteiger partial charge in [-0.1, -0.05) is 6.08 Å². The van der Waals surface area contributed by atoms with Crippen molar-refractivity contribution in [1.82, 2.24) is 4.72 Å². The molecule has 0 saturated carbocycles. The van der Waals surface area contributed by atoms with Gasteiger partial charge in [0, 0.05) is 5.71 Å². The van der Waals surface area contributed by atoms with Gasteiger partial charge in [0.15, 0.2) is 0 Å². The summed E-state index contributed by atoms with van der Waals surface area (Å²) in [7, 11) is -3.35. The third-order valence-electron chi connectivity index (χ3n) is 1.61. The molecule has 0 fully saturated rings. The number of hydrogen-bond acceptors (Lipinski definition) is 3. The van der Waals surface area contributed by atoms with Crippen molar-refractivity contribution >= 4 is 15.7 Å². The number of sulfonamides is 1. The Morgan fingerprint density at radius 2 is 1.86 bits per heavy atom. The zero-order valence-corrected chi connectivity index (χ0v) is 10.1. The van der Waals surface area contributed by atoms with Crippen LogP contribution in [0.5, 0.6) is 0 Å². The average Bonchev–Trinajstić information content (AvgIpc) is 1.99. The zero-order chi connectivity index (χ0) is 11.4. The minimum atomic E-state index is -3.35. The van der Waals surface area contributed by atoms with Crippen molar-refractivity contribution in [3.63, 3.8) is 0 Å². The second kappa shape index (κ2) is 5.26. The van der Waals surface area contributed by atoms with E-state index in [1.54, 1.807) is 26.8 Å². The summed E-state index contributed by atoms with van der Waals surface area (Å²) in [6.07, 6.45) is 1.14. The summed E-state index contributed by atoms with van der Waals surface area (Å²) < 4.78 is 25.5. The molecule has 4 nitrogen and oxygen atoms in total. The Morgan fingerprint density at radius 3 is 2.21 bits per heavy atom. The Morgan fingerprint density at radius 1 is 1.36 bits per heavy atom. The minimum absolute atomic E-state index is 0.313. The quantitative estimate of drug-likeness (QED) is 0.729. The van der Waals surface area contributed by atoms with E-state index in [0.29, 0.717) is 4.91 Å². The highest BCUT2D eigenvalue weighted by molar-refractivity contribution is 7.93. The molecule has 0 amide bonds. The van der Waals surface area contributed by atoms with Crippen LogP contribution < -0.4 is 4.72 Å². The van der Waals surface area contributed by atoms with Crippen LogP contribution in [-0.2, 0) is 10.0 Å². The van der Waals surface area contributed by atoms with Crippen LogP contribution >= 0.6 is 0 Å². The SMILES string of the molecule is C/C=C(\C)S(=O)(=O)NC(C)N=C(C)C. The first kappa shape index (κ1) is 13.3. The molecule has 14 heavy (non-hydrogen) atoms. The first-order valence-electron chi connectivity index (χ1n) is 4.46. The molecule has 82 valence electrons. The van der Waals surface area contributed by atoms with Crippen LogP contribution in [0.2, 0.25) is 0 Å². The average molecular weight is 218 g/mol. The Labute approximate surface area is 86.2 Å². The number of allylic oxidation sites excluding steroid dienone is 2. The highest BCUT2D eigenvalue weighted by Gasteiger charge is 2.14. The molecule has 0 aliphatic heterocycles. The highest BCUT2D eigenvalue weighted by atomic mass is 32.2. The maximum absolute atomic E-state index is 11.5. The van der Waals surface area contributed by atoms with Crippen LogP contribution in [0.1, 0.15) is 34.6 Å². The molecule has 0 aromatic carbocycles. The molecule has 1 atom stereocenters. The van der Waals surface area contributed by atoms with Crippen LogP contribution in [0, 0.1) is 0 Å². The van der Waals surface area contributed by atoms with E-state index in [4.69, 9.17) is 0 Å². The van der Waals surface area contributed by atoms with Crippen LogP contribution in [0.25, 0.3) is 0 Å². The summed E-state index contributed by atoms with van der Waals surface area (Å²) in [5.74, 6) is 0. The first-order valence-corrected chi connectivity index (χ1v) is 5.94. The Kier molecular flexibility index (Phi) is 5.01. The second-order valence-corrected chi connectivity index (χ2v) is 5.16. The normalized spacial score (nSPS) is 15.1. The van der Waals surface area contributed by atoms with Crippen molar-refractivity contribution < 1.29 is 8.42 Å². The van der Waals surface area contributed by atoms with Crippen molar-refractivity contribution in [2.24, 2.45) is 4.99 Å². The summed E-state index contributed by atoms with van der Waals surface area (Å²) in [5.41, 5.74) is 0.846. The molecule has 0 rings (SSSR count). The Balaban J connectivity index is 4.62. The van der Waals surface area contributed by atoms with Gasteiger partial charge in [0.05, 0.1) is 4.91 Å². The van der Waals surface area contributed by atoms with E-state index >= 15 is 0 Å². The van der Waals surface area contributed by atoms with Crippen LogP contribution in [-0.4, -0.2) is 20.3 Å². The van der Waals surface area contributed by atoms with Crippen molar-refractivity contribution in [2.45, 2.75) is 40.8 Å². The van der Waals surface area contributed by atoms with Gasteiger partial charge in [0.2, 0.25) is 10.0 Å². The lowest BCUT2D eigenvalue weighted by atomic mass is 10.5. The van der Waals surface area contributed by atoms with Crippen molar-refractivity contribution in [1.29, 1.82) is 0 Å². The van der Waals surface area contributed by atoms with Crippen LogP contribution in [0.4, 0.5) is 0 Å². The molecule has 0 heterocycles. The van der Waals surface area contributed by atoms with E-state index in [9.17, 15) is 8.42 Å². The van der Waals surface area contributed by atoms with Gasteiger partial charge in [0.1, 0.15) is 6.17 Å². The lowest BCUT2D eigenvalue weighted by molar-refractivity contribution is 0.572. The van der Waals surface area contributed by atoms with E-state index in [2.05, 4.69) is 9.71 Å². The zero-order valence-electron chi connectivity index (χ0n) is 9.33. The standard InChI is InChI=1S/C9H18N2O2S/c1-6-8(4)14(12,13)11-9(5)10-7(2)3/h6,9,11H,1-5H3/b8-6+. The lowest BCUT2D eigenvalue weighted by Crippen LogP contribution is -2.32. The minimum Gasteiger partial charge on any atom is -0.275 e. The molecule has 1 unspecified atom stereocenters. The molecule has 0 saturated heterocycles. The summed E-state index contributed by atoms with van der Waals surface area (Å²) in [5, 5.41) is 0. The third kappa shape index (κ3) is 4.53. The molecular formula is C9H18N2O2S. The molecule has 0 radical (unpaired) electrons.